The standard InChI is InChI=1S/C31H30N4O4.C2HF3O2/c32-29(33)21-11-10-20-17-24(14-12-19(20)16-21)39-28-15-13-23(35-31(38)34-22-6-2-1-3-7-22)18-27(28)25-8-4-5-9-26(25)30(36)37;3-2(4,5)1(6)7/h4-5,8-18,22H,1-3,6-7H2,(H3,32,33)(H,36,37)(H2,34,35,38);(H,6,7). The molecule has 0 bridgehead atoms. The van der Waals surface area contributed by atoms with Crippen LogP contribution in [0.3, 0.4) is 0 Å². The van der Waals surface area contributed by atoms with Crippen LogP contribution in [0.15, 0.2) is 78.9 Å². The van der Waals surface area contributed by atoms with E-state index in [2.05, 4.69) is 10.6 Å². The molecule has 240 valence electrons. The number of halogens is 3. The second-order valence-corrected chi connectivity index (χ2v) is 10.5. The fourth-order valence-corrected chi connectivity index (χ4v) is 4.99. The minimum atomic E-state index is -5.08. The Morgan fingerprint density at radius 3 is 2.15 bits per heavy atom. The number of fused-ring (bicyclic) bond motifs is 1. The topological polar surface area (TPSA) is 175 Å². The Labute approximate surface area is 261 Å². The molecule has 1 aliphatic rings. The molecule has 0 heterocycles. The van der Waals surface area contributed by atoms with E-state index < -0.39 is 18.1 Å². The molecule has 1 aliphatic carbocycles. The summed E-state index contributed by atoms with van der Waals surface area (Å²) in [5.41, 5.74) is 7.92. The van der Waals surface area contributed by atoms with Gasteiger partial charge < -0.3 is 31.3 Å². The van der Waals surface area contributed by atoms with Crippen LogP contribution in [0.1, 0.15) is 48.0 Å². The second-order valence-electron chi connectivity index (χ2n) is 10.5. The van der Waals surface area contributed by atoms with E-state index in [0.29, 0.717) is 33.9 Å². The van der Waals surface area contributed by atoms with Gasteiger partial charge in [-0.05, 0) is 71.6 Å². The van der Waals surface area contributed by atoms with Gasteiger partial charge in [0.2, 0.25) is 0 Å². The van der Waals surface area contributed by atoms with Crippen LogP contribution < -0.4 is 21.1 Å². The first-order valence-electron chi connectivity index (χ1n) is 14.2. The van der Waals surface area contributed by atoms with E-state index in [0.717, 1.165) is 36.5 Å². The Kier molecular flexibility index (Phi) is 10.5. The zero-order valence-corrected chi connectivity index (χ0v) is 24.4. The number of nitrogens with one attached hydrogen (secondary N) is 3. The van der Waals surface area contributed by atoms with Gasteiger partial charge in [-0.25, -0.2) is 14.4 Å². The van der Waals surface area contributed by atoms with Crippen molar-refractivity contribution in [2.75, 3.05) is 5.32 Å². The van der Waals surface area contributed by atoms with Crippen LogP contribution in [0.25, 0.3) is 21.9 Å². The number of urea groups is 1. The minimum Gasteiger partial charge on any atom is -0.478 e. The number of hydrogen-bond donors (Lipinski definition) is 6. The van der Waals surface area contributed by atoms with Crippen LogP contribution in [0.2, 0.25) is 0 Å². The number of anilines is 1. The lowest BCUT2D eigenvalue weighted by atomic mass is 9.96. The number of amidine groups is 1. The van der Waals surface area contributed by atoms with Gasteiger partial charge in [0.15, 0.2) is 0 Å². The molecule has 1 saturated carbocycles. The molecule has 5 rings (SSSR count). The zero-order chi connectivity index (χ0) is 33.4. The highest BCUT2D eigenvalue weighted by molar-refractivity contribution is 6.00. The third-order valence-electron chi connectivity index (χ3n) is 7.22. The van der Waals surface area contributed by atoms with E-state index in [9.17, 15) is 27.9 Å². The first kappa shape index (κ1) is 33.3. The van der Waals surface area contributed by atoms with Crippen molar-refractivity contribution in [2.45, 2.75) is 44.3 Å². The minimum absolute atomic E-state index is 0.0000795. The molecular formula is C33H31F3N4O6. The molecule has 0 aliphatic heterocycles. The molecule has 7 N–H and O–H groups in total. The number of nitrogens with two attached hydrogens (primary N) is 1. The van der Waals surface area contributed by atoms with Gasteiger partial charge >= 0.3 is 24.1 Å². The van der Waals surface area contributed by atoms with Crippen LogP contribution >= 0.6 is 0 Å². The summed E-state index contributed by atoms with van der Waals surface area (Å²) >= 11 is 0. The molecule has 1 fully saturated rings. The average molecular weight is 637 g/mol. The van der Waals surface area contributed by atoms with Crippen molar-refractivity contribution in [3.8, 4) is 22.6 Å². The van der Waals surface area contributed by atoms with Crippen molar-refractivity contribution in [1.29, 1.82) is 5.41 Å². The molecule has 4 aromatic rings. The van der Waals surface area contributed by atoms with Crippen molar-refractivity contribution in [3.05, 3.63) is 90.0 Å². The average Bonchev–Trinajstić information content (AvgIpc) is 3.01. The predicted octanol–water partition coefficient (Wildman–Crippen LogP) is 7.37. The van der Waals surface area contributed by atoms with E-state index in [4.69, 9.17) is 25.8 Å². The van der Waals surface area contributed by atoms with Gasteiger partial charge in [-0.15, -0.1) is 0 Å². The lowest BCUT2D eigenvalue weighted by Crippen LogP contribution is -2.39. The second kappa shape index (κ2) is 14.5. The first-order valence-corrected chi connectivity index (χ1v) is 14.2. The number of hydrogen-bond acceptors (Lipinski definition) is 5. The molecule has 0 unspecified atom stereocenters. The van der Waals surface area contributed by atoms with Crippen LogP contribution in [0, 0.1) is 5.41 Å². The smallest absolute Gasteiger partial charge is 0.478 e. The molecule has 0 spiro atoms. The van der Waals surface area contributed by atoms with Crippen LogP contribution in [-0.4, -0.2) is 46.2 Å². The number of amides is 2. The lowest BCUT2D eigenvalue weighted by molar-refractivity contribution is -0.192. The first-order chi connectivity index (χ1) is 21.8. The van der Waals surface area contributed by atoms with E-state index in [-0.39, 0.29) is 23.5 Å². The Bertz CT molecular complexity index is 1770. The number of carbonyl (C=O) groups excluding carboxylic acids is 1. The van der Waals surface area contributed by atoms with Crippen molar-refractivity contribution in [3.63, 3.8) is 0 Å². The zero-order valence-electron chi connectivity index (χ0n) is 24.4. The third-order valence-corrected chi connectivity index (χ3v) is 7.22. The summed E-state index contributed by atoms with van der Waals surface area (Å²) in [6, 6.07) is 22.8. The molecule has 4 aromatic carbocycles. The van der Waals surface area contributed by atoms with Gasteiger partial charge in [-0.1, -0.05) is 55.7 Å². The van der Waals surface area contributed by atoms with Gasteiger partial charge in [0.1, 0.15) is 17.3 Å². The molecule has 0 radical (unpaired) electrons. The number of ether oxygens (including phenoxy) is 1. The van der Waals surface area contributed by atoms with E-state index in [1.54, 1.807) is 48.5 Å². The summed E-state index contributed by atoms with van der Waals surface area (Å²) in [7, 11) is 0. The van der Waals surface area contributed by atoms with Crippen molar-refractivity contribution in [2.24, 2.45) is 5.73 Å². The number of aromatic carboxylic acids is 1. The summed E-state index contributed by atoms with van der Waals surface area (Å²) in [6.45, 7) is 0. The molecule has 46 heavy (non-hydrogen) atoms. The van der Waals surface area contributed by atoms with E-state index in [1.165, 1.54) is 6.42 Å². The summed E-state index contributed by atoms with van der Waals surface area (Å²) in [6.07, 6.45) is 0.280. The maximum Gasteiger partial charge on any atom is 0.490 e. The van der Waals surface area contributed by atoms with Gasteiger partial charge in [0.05, 0.1) is 5.56 Å². The number of carboxylic acids is 2. The van der Waals surface area contributed by atoms with Crippen molar-refractivity contribution in [1.82, 2.24) is 5.32 Å². The van der Waals surface area contributed by atoms with Crippen molar-refractivity contribution < 1.29 is 42.5 Å². The summed E-state index contributed by atoms with van der Waals surface area (Å²) in [4.78, 5) is 33.6. The fraction of sp³-hybridized carbons (Fsp3) is 0.212. The Hall–Kier alpha value is -5.59. The monoisotopic (exact) mass is 636 g/mol. The third kappa shape index (κ3) is 8.74. The normalized spacial score (nSPS) is 13.2. The van der Waals surface area contributed by atoms with E-state index in [1.807, 2.05) is 30.3 Å². The maximum atomic E-state index is 12.7. The molecule has 0 atom stereocenters. The molecular weight excluding hydrogens is 605 g/mol. The molecule has 0 saturated heterocycles. The molecule has 2 amide bonds. The molecule has 13 heteroatoms. The number of benzene rings is 4. The summed E-state index contributed by atoms with van der Waals surface area (Å²) in [5, 5.41) is 32.4. The van der Waals surface area contributed by atoms with Crippen LogP contribution in [0.5, 0.6) is 11.5 Å². The lowest BCUT2D eigenvalue weighted by Gasteiger charge is -2.23. The summed E-state index contributed by atoms with van der Waals surface area (Å²) in [5.74, 6) is -2.81. The van der Waals surface area contributed by atoms with Gasteiger partial charge in [-0.2, -0.15) is 13.2 Å². The molecule has 10 nitrogen and oxygen atoms in total. The Morgan fingerprint density at radius 1 is 0.848 bits per heavy atom. The van der Waals surface area contributed by atoms with Crippen molar-refractivity contribution >= 4 is 40.3 Å². The van der Waals surface area contributed by atoms with Gasteiger partial charge in [0.25, 0.3) is 0 Å². The number of aliphatic carboxylic acids is 1. The number of nitrogen functional groups attached to an aromatic ring is 1. The highest BCUT2D eigenvalue weighted by atomic mass is 19.4. The highest BCUT2D eigenvalue weighted by Gasteiger charge is 2.38. The Balaban J connectivity index is 0.000000617. The van der Waals surface area contributed by atoms with Gasteiger partial charge in [-0.3, -0.25) is 5.41 Å². The quantitative estimate of drug-likeness (QED) is 0.0907. The fourth-order valence-electron chi connectivity index (χ4n) is 4.99. The number of carboxylic acid groups (broad SMARTS) is 2. The number of alkyl halides is 3. The summed E-state index contributed by atoms with van der Waals surface area (Å²) < 4.78 is 38.0. The van der Waals surface area contributed by atoms with Gasteiger partial charge in [0, 0.05) is 22.9 Å². The Morgan fingerprint density at radius 2 is 1.50 bits per heavy atom. The highest BCUT2D eigenvalue weighted by Crippen LogP contribution is 2.38. The maximum absolute atomic E-state index is 12.7. The van der Waals surface area contributed by atoms with E-state index >= 15 is 0 Å². The number of rotatable bonds is 7. The molecule has 0 aromatic heterocycles. The predicted molar refractivity (Wildman–Crippen MR) is 167 cm³/mol. The number of carbonyl (C=O) groups is 3. The largest absolute Gasteiger partial charge is 0.490 e. The SMILES string of the molecule is N=C(N)c1ccc2cc(Oc3ccc(NC(=O)NC4CCCCC4)cc3-c3ccccc3C(=O)O)ccc2c1.O=C(O)C(F)(F)F. The van der Waals surface area contributed by atoms with Crippen LogP contribution in [-0.2, 0) is 4.79 Å². The van der Waals surface area contributed by atoms with Crippen LogP contribution in [0.4, 0.5) is 23.7 Å².